The monoisotopic (exact) mass is 216 g/mol. The largest absolute Gasteiger partial charge is 0.453 e. The standard InChI is InChI=1S/C14H16O2/c1-9-10-7-5-6-8-11(10)16-12(9)13(15)14(2,3)4/h5-8H,1-4H3. The first-order chi connectivity index (χ1) is 7.41. The average Bonchev–Trinajstić information content (AvgIpc) is 2.54. The Kier molecular flexibility index (Phi) is 2.38. The summed E-state index contributed by atoms with van der Waals surface area (Å²) in [6, 6.07) is 7.74. The van der Waals surface area contributed by atoms with Crippen LogP contribution in [0.5, 0.6) is 0 Å². The van der Waals surface area contributed by atoms with Crippen LogP contribution in [0.1, 0.15) is 36.9 Å². The normalized spacial score (nSPS) is 12.0. The first-order valence-electron chi connectivity index (χ1n) is 5.44. The molecule has 0 amide bonds. The van der Waals surface area contributed by atoms with Crippen LogP contribution in [0.4, 0.5) is 0 Å². The van der Waals surface area contributed by atoms with E-state index in [1.54, 1.807) is 0 Å². The number of hydrogen-bond donors (Lipinski definition) is 0. The predicted octanol–water partition coefficient (Wildman–Crippen LogP) is 3.97. The van der Waals surface area contributed by atoms with Gasteiger partial charge in [0.25, 0.3) is 0 Å². The first-order valence-corrected chi connectivity index (χ1v) is 5.44. The van der Waals surface area contributed by atoms with E-state index in [2.05, 4.69) is 0 Å². The molecule has 0 atom stereocenters. The van der Waals surface area contributed by atoms with Gasteiger partial charge in [0.15, 0.2) is 5.76 Å². The van der Waals surface area contributed by atoms with Gasteiger partial charge in [-0.25, -0.2) is 0 Å². The van der Waals surface area contributed by atoms with Crippen molar-refractivity contribution in [3.05, 3.63) is 35.6 Å². The Morgan fingerprint density at radius 2 is 1.81 bits per heavy atom. The molecule has 0 N–H and O–H groups in total. The number of para-hydroxylation sites is 1. The summed E-state index contributed by atoms with van der Waals surface area (Å²) in [4.78, 5) is 12.2. The molecule has 2 aromatic rings. The van der Waals surface area contributed by atoms with E-state index in [4.69, 9.17) is 4.42 Å². The minimum atomic E-state index is -0.404. The van der Waals surface area contributed by atoms with Gasteiger partial charge in [-0.05, 0) is 13.0 Å². The van der Waals surface area contributed by atoms with Gasteiger partial charge in [0, 0.05) is 16.4 Å². The van der Waals surface area contributed by atoms with Crippen LogP contribution in [0, 0.1) is 12.3 Å². The summed E-state index contributed by atoms with van der Waals surface area (Å²) >= 11 is 0. The number of aryl methyl sites for hydroxylation is 1. The SMILES string of the molecule is Cc1c(C(=O)C(C)(C)C)oc2ccccc12. The fourth-order valence-electron chi connectivity index (χ4n) is 1.73. The molecule has 0 fully saturated rings. The first kappa shape index (κ1) is 10.9. The quantitative estimate of drug-likeness (QED) is 0.675. The van der Waals surface area contributed by atoms with Gasteiger partial charge in [0.05, 0.1) is 0 Å². The van der Waals surface area contributed by atoms with Crippen molar-refractivity contribution < 1.29 is 9.21 Å². The van der Waals surface area contributed by atoms with E-state index in [9.17, 15) is 4.79 Å². The Labute approximate surface area is 95.3 Å². The highest BCUT2D eigenvalue weighted by Gasteiger charge is 2.28. The van der Waals surface area contributed by atoms with Crippen LogP contribution in [0.3, 0.4) is 0 Å². The van der Waals surface area contributed by atoms with Crippen molar-refractivity contribution in [2.24, 2.45) is 5.41 Å². The summed E-state index contributed by atoms with van der Waals surface area (Å²) < 4.78 is 5.64. The molecule has 2 heteroatoms. The van der Waals surface area contributed by atoms with Crippen molar-refractivity contribution in [2.75, 3.05) is 0 Å². The van der Waals surface area contributed by atoms with Gasteiger partial charge in [0.1, 0.15) is 5.58 Å². The van der Waals surface area contributed by atoms with Gasteiger partial charge in [-0.2, -0.15) is 0 Å². The van der Waals surface area contributed by atoms with Crippen LogP contribution in [-0.4, -0.2) is 5.78 Å². The van der Waals surface area contributed by atoms with E-state index in [1.165, 1.54) is 0 Å². The van der Waals surface area contributed by atoms with Gasteiger partial charge >= 0.3 is 0 Å². The third-order valence-corrected chi connectivity index (χ3v) is 2.73. The zero-order valence-corrected chi connectivity index (χ0v) is 10.1. The topological polar surface area (TPSA) is 30.2 Å². The number of hydrogen-bond acceptors (Lipinski definition) is 2. The van der Waals surface area contributed by atoms with Crippen LogP contribution < -0.4 is 0 Å². The maximum Gasteiger partial charge on any atom is 0.203 e. The highest BCUT2D eigenvalue weighted by molar-refractivity contribution is 6.02. The highest BCUT2D eigenvalue weighted by atomic mass is 16.3. The molecular formula is C14H16O2. The summed E-state index contributed by atoms with van der Waals surface area (Å²) in [7, 11) is 0. The second kappa shape index (κ2) is 3.48. The summed E-state index contributed by atoms with van der Waals surface area (Å²) in [5.41, 5.74) is 1.32. The fraction of sp³-hybridized carbons (Fsp3) is 0.357. The van der Waals surface area contributed by atoms with Crippen molar-refractivity contribution in [2.45, 2.75) is 27.7 Å². The van der Waals surface area contributed by atoms with Gasteiger partial charge in [-0.3, -0.25) is 4.79 Å². The van der Waals surface area contributed by atoms with E-state index in [1.807, 2.05) is 52.0 Å². The molecule has 0 saturated carbocycles. The maximum absolute atomic E-state index is 12.2. The van der Waals surface area contributed by atoms with E-state index < -0.39 is 5.41 Å². The number of carbonyl (C=O) groups is 1. The predicted molar refractivity (Wildman–Crippen MR) is 64.7 cm³/mol. The second-order valence-corrected chi connectivity index (χ2v) is 5.13. The molecule has 0 radical (unpaired) electrons. The fourth-order valence-corrected chi connectivity index (χ4v) is 1.73. The third kappa shape index (κ3) is 1.64. The summed E-state index contributed by atoms with van der Waals surface area (Å²) in [5.74, 6) is 0.551. The van der Waals surface area contributed by atoms with E-state index in [0.29, 0.717) is 5.76 Å². The Morgan fingerprint density at radius 1 is 1.19 bits per heavy atom. The molecule has 0 saturated heterocycles. The second-order valence-electron chi connectivity index (χ2n) is 5.13. The molecular weight excluding hydrogens is 200 g/mol. The lowest BCUT2D eigenvalue weighted by Crippen LogP contribution is -2.20. The van der Waals surface area contributed by atoms with Crippen molar-refractivity contribution in [3.63, 3.8) is 0 Å². The van der Waals surface area contributed by atoms with E-state index >= 15 is 0 Å². The molecule has 2 nitrogen and oxygen atoms in total. The third-order valence-electron chi connectivity index (χ3n) is 2.73. The van der Waals surface area contributed by atoms with Gasteiger partial charge in [-0.15, -0.1) is 0 Å². The van der Waals surface area contributed by atoms with Crippen LogP contribution in [0.2, 0.25) is 0 Å². The number of Topliss-reactive ketones (excluding diaryl/α,β-unsaturated/α-hetero) is 1. The van der Waals surface area contributed by atoms with Crippen molar-refractivity contribution >= 4 is 16.8 Å². The molecule has 0 aliphatic heterocycles. The number of carbonyl (C=O) groups excluding carboxylic acids is 1. The Hall–Kier alpha value is -1.57. The van der Waals surface area contributed by atoms with E-state index in [-0.39, 0.29) is 5.78 Å². The van der Waals surface area contributed by atoms with Gasteiger partial charge in [-0.1, -0.05) is 39.0 Å². The molecule has 0 unspecified atom stereocenters. The van der Waals surface area contributed by atoms with Crippen molar-refractivity contribution in [1.82, 2.24) is 0 Å². The van der Waals surface area contributed by atoms with E-state index in [0.717, 1.165) is 16.5 Å². The molecule has 1 aromatic carbocycles. The Balaban J connectivity index is 2.63. The van der Waals surface area contributed by atoms with Crippen molar-refractivity contribution in [3.8, 4) is 0 Å². The smallest absolute Gasteiger partial charge is 0.203 e. The minimum Gasteiger partial charge on any atom is -0.453 e. The number of ketones is 1. The van der Waals surface area contributed by atoms with Gasteiger partial charge in [0.2, 0.25) is 5.78 Å². The zero-order chi connectivity index (χ0) is 11.9. The number of fused-ring (bicyclic) bond motifs is 1. The molecule has 0 bridgehead atoms. The maximum atomic E-state index is 12.2. The molecule has 0 aliphatic rings. The molecule has 0 spiro atoms. The zero-order valence-electron chi connectivity index (χ0n) is 10.1. The molecule has 2 rings (SSSR count). The Bertz CT molecular complexity index is 541. The molecule has 0 aliphatic carbocycles. The van der Waals surface area contributed by atoms with Crippen LogP contribution >= 0.6 is 0 Å². The highest BCUT2D eigenvalue weighted by Crippen LogP contribution is 2.30. The Morgan fingerprint density at radius 3 is 2.38 bits per heavy atom. The lowest BCUT2D eigenvalue weighted by atomic mass is 9.88. The summed E-state index contributed by atoms with van der Waals surface area (Å²) in [6.45, 7) is 7.65. The van der Waals surface area contributed by atoms with Crippen LogP contribution in [0.15, 0.2) is 28.7 Å². The lowest BCUT2D eigenvalue weighted by Gasteiger charge is -2.14. The van der Waals surface area contributed by atoms with Crippen LogP contribution in [-0.2, 0) is 0 Å². The summed E-state index contributed by atoms with van der Waals surface area (Å²) in [6.07, 6.45) is 0. The molecule has 16 heavy (non-hydrogen) atoms. The lowest BCUT2D eigenvalue weighted by molar-refractivity contribution is 0.0830. The number of rotatable bonds is 1. The minimum absolute atomic E-state index is 0.0567. The number of furan rings is 1. The number of benzene rings is 1. The average molecular weight is 216 g/mol. The molecule has 84 valence electrons. The van der Waals surface area contributed by atoms with Gasteiger partial charge < -0.3 is 4.42 Å². The van der Waals surface area contributed by atoms with Crippen LogP contribution in [0.25, 0.3) is 11.0 Å². The molecule has 1 heterocycles. The van der Waals surface area contributed by atoms with Crippen molar-refractivity contribution in [1.29, 1.82) is 0 Å². The molecule has 1 aromatic heterocycles. The summed E-state index contributed by atoms with van der Waals surface area (Å²) in [5, 5.41) is 1.02.